The van der Waals surface area contributed by atoms with E-state index >= 15 is 0 Å². The highest BCUT2D eigenvalue weighted by Crippen LogP contribution is 2.31. The van der Waals surface area contributed by atoms with Gasteiger partial charge < -0.3 is 0 Å². The lowest BCUT2D eigenvalue weighted by Gasteiger charge is -2.20. The molecule has 0 radical (unpaired) electrons. The summed E-state index contributed by atoms with van der Waals surface area (Å²) in [5, 5.41) is 0. The van der Waals surface area contributed by atoms with Crippen molar-refractivity contribution in [3.63, 3.8) is 0 Å². The molecule has 1 fully saturated rings. The van der Waals surface area contributed by atoms with E-state index in [0.717, 1.165) is 34.9 Å². The van der Waals surface area contributed by atoms with Crippen LogP contribution in [0.5, 0.6) is 0 Å². The molecule has 0 saturated heterocycles. The number of rotatable bonds is 9. The van der Waals surface area contributed by atoms with Crippen molar-refractivity contribution in [1.29, 1.82) is 0 Å². The molecule has 1 aliphatic carbocycles. The summed E-state index contributed by atoms with van der Waals surface area (Å²) in [7, 11) is 0. The third-order valence-electron chi connectivity index (χ3n) is 6.28. The summed E-state index contributed by atoms with van der Waals surface area (Å²) in [6.45, 7) is -0.355. The summed E-state index contributed by atoms with van der Waals surface area (Å²) >= 11 is 0. The predicted octanol–water partition coefficient (Wildman–Crippen LogP) is 5.92. The van der Waals surface area contributed by atoms with Gasteiger partial charge in [0.15, 0.2) is 5.78 Å². The first kappa shape index (κ1) is 27.6. The molecule has 0 bridgehead atoms. The van der Waals surface area contributed by atoms with Crippen molar-refractivity contribution in [1.82, 2.24) is 9.55 Å². The van der Waals surface area contributed by atoms with Gasteiger partial charge in [0.1, 0.15) is 11.6 Å². The van der Waals surface area contributed by atoms with E-state index in [4.69, 9.17) is 0 Å². The van der Waals surface area contributed by atoms with Crippen molar-refractivity contribution in [3.05, 3.63) is 52.1 Å². The number of nitrogens with zero attached hydrogens (tertiary/aromatic N) is 2. The highest BCUT2D eigenvalue weighted by molar-refractivity contribution is 5.79. The van der Waals surface area contributed by atoms with Crippen molar-refractivity contribution < 1.29 is 35.9 Å². The normalized spacial score (nSPS) is 15.3. The molecule has 1 aromatic heterocycles. The Labute approximate surface area is 203 Å². The molecule has 0 unspecified atom stereocenters. The van der Waals surface area contributed by atoms with Gasteiger partial charge in [-0.15, -0.1) is 0 Å². The second-order valence-corrected chi connectivity index (χ2v) is 9.09. The molecule has 11 heteroatoms. The number of halogens is 6. The number of aromatic nitrogens is 2. The topological polar surface area (TPSA) is 69.0 Å². The zero-order chi connectivity index (χ0) is 26.5. The third-order valence-corrected chi connectivity index (χ3v) is 6.28. The van der Waals surface area contributed by atoms with Crippen LogP contribution in [-0.4, -0.2) is 27.3 Å². The number of hydrogen-bond donors (Lipinski definition) is 0. The Balaban J connectivity index is 1.80. The number of aryl methyl sites for hydroxylation is 1. The number of Topliss-reactive ketones (excluding diaryl/α,β-unsaturated/α-hetero) is 2. The molecular weight excluding hydrogens is 490 g/mol. The van der Waals surface area contributed by atoms with Gasteiger partial charge in [0.25, 0.3) is 5.56 Å². The molecule has 0 N–H and O–H groups in total. The minimum absolute atomic E-state index is 0.0197. The summed E-state index contributed by atoms with van der Waals surface area (Å²) in [6.07, 6.45) is -7.57. The van der Waals surface area contributed by atoms with Crippen LogP contribution in [0.4, 0.5) is 26.3 Å². The van der Waals surface area contributed by atoms with Crippen LogP contribution in [0.2, 0.25) is 0 Å². The minimum atomic E-state index is -4.55. The van der Waals surface area contributed by atoms with Crippen LogP contribution in [0.15, 0.2) is 35.1 Å². The fourth-order valence-electron chi connectivity index (χ4n) is 4.25. The maximum absolute atomic E-state index is 12.9. The SMILES string of the molecule is O=C1CCC(CCC(=O)Cn2c(CCCC(F)(F)F)nc(-c3ccc(C(F)(F)F)cc3)cc2=O)CC1. The molecule has 2 aromatic rings. The van der Waals surface area contributed by atoms with Gasteiger partial charge >= 0.3 is 12.4 Å². The molecule has 1 aromatic carbocycles. The first-order valence-electron chi connectivity index (χ1n) is 11.7. The van der Waals surface area contributed by atoms with E-state index in [-0.39, 0.29) is 60.4 Å². The number of ketones is 2. The molecule has 0 aliphatic heterocycles. The summed E-state index contributed by atoms with van der Waals surface area (Å²) < 4.78 is 77.6. The molecule has 5 nitrogen and oxygen atoms in total. The van der Waals surface area contributed by atoms with E-state index in [1.807, 2.05) is 0 Å². The Kier molecular flexibility index (Phi) is 8.73. The Hall–Kier alpha value is -2.98. The van der Waals surface area contributed by atoms with Crippen LogP contribution < -0.4 is 5.56 Å². The van der Waals surface area contributed by atoms with E-state index in [1.54, 1.807) is 0 Å². The summed E-state index contributed by atoms with van der Waals surface area (Å²) in [5.41, 5.74) is -1.34. The molecule has 3 rings (SSSR count). The lowest BCUT2D eigenvalue weighted by atomic mass is 9.85. The highest BCUT2D eigenvalue weighted by Gasteiger charge is 2.30. The molecule has 0 atom stereocenters. The Morgan fingerprint density at radius 2 is 1.64 bits per heavy atom. The van der Waals surface area contributed by atoms with Crippen LogP contribution in [-0.2, 0) is 28.7 Å². The Morgan fingerprint density at radius 1 is 1.00 bits per heavy atom. The number of carbonyl (C=O) groups is 2. The van der Waals surface area contributed by atoms with Gasteiger partial charge in [-0.3, -0.25) is 19.0 Å². The maximum atomic E-state index is 12.9. The molecule has 0 amide bonds. The lowest BCUT2D eigenvalue weighted by Crippen LogP contribution is -2.29. The van der Waals surface area contributed by atoms with Gasteiger partial charge in [0, 0.05) is 43.7 Å². The quantitative estimate of drug-likeness (QED) is 0.388. The van der Waals surface area contributed by atoms with Crippen LogP contribution in [0.3, 0.4) is 0 Å². The zero-order valence-electron chi connectivity index (χ0n) is 19.4. The van der Waals surface area contributed by atoms with Gasteiger partial charge in [0.2, 0.25) is 0 Å². The van der Waals surface area contributed by atoms with Crippen LogP contribution in [0, 0.1) is 5.92 Å². The van der Waals surface area contributed by atoms with E-state index < -0.39 is 29.9 Å². The molecule has 1 heterocycles. The number of hydrogen-bond acceptors (Lipinski definition) is 4. The molecule has 196 valence electrons. The monoisotopic (exact) mass is 516 g/mol. The first-order chi connectivity index (χ1) is 16.8. The van der Waals surface area contributed by atoms with Gasteiger partial charge in [0.05, 0.1) is 17.8 Å². The van der Waals surface area contributed by atoms with E-state index in [0.29, 0.717) is 32.1 Å². The Bertz CT molecular complexity index is 1130. The highest BCUT2D eigenvalue weighted by atomic mass is 19.4. The van der Waals surface area contributed by atoms with Gasteiger partial charge in [-0.2, -0.15) is 26.3 Å². The Morgan fingerprint density at radius 3 is 2.22 bits per heavy atom. The van der Waals surface area contributed by atoms with Gasteiger partial charge in [-0.05, 0) is 43.7 Å². The van der Waals surface area contributed by atoms with Crippen molar-refractivity contribution >= 4 is 11.6 Å². The summed E-state index contributed by atoms with van der Waals surface area (Å²) in [4.78, 5) is 41.1. The molecule has 1 aliphatic rings. The van der Waals surface area contributed by atoms with E-state index in [9.17, 15) is 40.7 Å². The fourth-order valence-corrected chi connectivity index (χ4v) is 4.25. The lowest BCUT2D eigenvalue weighted by molar-refractivity contribution is -0.137. The zero-order valence-corrected chi connectivity index (χ0v) is 19.4. The van der Waals surface area contributed by atoms with Crippen LogP contribution in [0.1, 0.15) is 62.8 Å². The summed E-state index contributed by atoms with van der Waals surface area (Å²) in [5.74, 6) is 0.120. The van der Waals surface area contributed by atoms with Crippen LogP contribution in [0.25, 0.3) is 11.3 Å². The largest absolute Gasteiger partial charge is 0.416 e. The maximum Gasteiger partial charge on any atom is 0.416 e. The van der Waals surface area contributed by atoms with Gasteiger partial charge in [-0.1, -0.05) is 12.1 Å². The number of benzene rings is 1. The van der Waals surface area contributed by atoms with Gasteiger partial charge in [-0.25, -0.2) is 4.98 Å². The second kappa shape index (κ2) is 11.4. The average molecular weight is 516 g/mol. The smallest absolute Gasteiger partial charge is 0.300 e. The fraction of sp³-hybridized carbons (Fsp3) is 0.520. The number of carbonyl (C=O) groups excluding carboxylic acids is 2. The van der Waals surface area contributed by atoms with Crippen LogP contribution >= 0.6 is 0 Å². The average Bonchev–Trinajstić information content (AvgIpc) is 2.79. The summed E-state index contributed by atoms with van der Waals surface area (Å²) in [6, 6.07) is 4.99. The van der Waals surface area contributed by atoms with Crippen molar-refractivity contribution in [2.45, 2.75) is 76.7 Å². The predicted molar refractivity (Wildman–Crippen MR) is 119 cm³/mol. The second-order valence-electron chi connectivity index (χ2n) is 9.09. The standard InChI is InChI=1S/C25H26F6N2O3/c26-24(27,28)13-1-2-22-32-21(17-6-8-18(9-7-17)25(29,30)31)14-23(36)33(22)15-20(35)12-5-16-3-10-19(34)11-4-16/h6-9,14,16H,1-5,10-13,15H2. The molecule has 36 heavy (non-hydrogen) atoms. The minimum Gasteiger partial charge on any atom is -0.300 e. The molecule has 0 spiro atoms. The molecule has 1 saturated carbocycles. The van der Waals surface area contributed by atoms with E-state index in [2.05, 4.69) is 4.98 Å². The molecular formula is C25H26F6N2O3. The third kappa shape index (κ3) is 8.03. The first-order valence-corrected chi connectivity index (χ1v) is 11.7. The number of alkyl halides is 6. The van der Waals surface area contributed by atoms with Crippen molar-refractivity contribution in [3.8, 4) is 11.3 Å². The van der Waals surface area contributed by atoms with Crippen molar-refractivity contribution in [2.75, 3.05) is 0 Å². The van der Waals surface area contributed by atoms with E-state index in [1.165, 1.54) is 0 Å². The van der Waals surface area contributed by atoms with Crippen molar-refractivity contribution in [2.24, 2.45) is 5.92 Å².